The summed E-state index contributed by atoms with van der Waals surface area (Å²) < 4.78 is 59.6. The third kappa shape index (κ3) is 7.33. The van der Waals surface area contributed by atoms with Gasteiger partial charge in [-0.1, -0.05) is 33.6 Å². The highest BCUT2D eigenvalue weighted by molar-refractivity contribution is 5.92. The van der Waals surface area contributed by atoms with E-state index in [1.54, 1.807) is 39.0 Å². The number of aromatic nitrogens is 2. The molecular formula is C33H43F3N4O6. The lowest BCUT2D eigenvalue weighted by Crippen LogP contribution is -2.57. The van der Waals surface area contributed by atoms with Crippen LogP contribution in [0.1, 0.15) is 78.8 Å². The number of benzene rings is 1. The number of fused-ring (bicyclic) bond motifs is 5. The van der Waals surface area contributed by atoms with Gasteiger partial charge < -0.3 is 24.4 Å². The molecule has 3 heterocycles. The minimum absolute atomic E-state index is 0.0690. The van der Waals surface area contributed by atoms with Crippen molar-refractivity contribution in [2.75, 3.05) is 13.7 Å². The number of amides is 2. The van der Waals surface area contributed by atoms with Gasteiger partial charge in [-0.2, -0.15) is 13.2 Å². The summed E-state index contributed by atoms with van der Waals surface area (Å²) in [6.07, 6.45) is -3.53. The summed E-state index contributed by atoms with van der Waals surface area (Å²) >= 11 is 0. The first-order valence-electron chi connectivity index (χ1n) is 15.9. The number of Topliss-reactive ketones (excluding diaryl/α,β-unsaturated/α-hetero) is 1. The van der Waals surface area contributed by atoms with Gasteiger partial charge in [0, 0.05) is 17.9 Å². The third-order valence-corrected chi connectivity index (χ3v) is 9.45. The quantitative estimate of drug-likeness (QED) is 0.444. The Balaban J connectivity index is 1.59. The van der Waals surface area contributed by atoms with Crippen molar-refractivity contribution in [2.45, 2.75) is 110 Å². The Kier molecular flexibility index (Phi) is 9.18. The molecule has 2 aromatic rings. The van der Waals surface area contributed by atoms with Crippen LogP contribution in [-0.4, -0.2) is 76.3 Å². The number of ether oxygens (including phenoxy) is 3. The van der Waals surface area contributed by atoms with Gasteiger partial charge in [0.2, 0.25) is 11.8 Å². The number of ketones is 1. The van der Waals surface area contributed by atoms with Crippen molar-refractivity contribution < 1.29 is 41.8 Å². The summed E-state index contributed by atoms with van der Waals surface area (Å²) in [5, 5.41) is 2.68. The van der Waals surface area contributed by atoms with Gasteiger partial charge in [-0.15, -0.1) is 0 Å². The van der Waals surface area contributed by atoms with Gasteiger partial charge in [0.1, 0.15) is 29.2 Å². The Morgan fingerprint density at radius 2 is 1.87 bits per heavy atom. The fourth-order valence-corrected chi connectivity index (χ4v) is 6.84. The second-order valence-corrected chi connectivity index (χ2v) is 14.2. The first-order valence-corrected chi connectivity index (χ1v) is 15.9. The molecule has 10 nitrogen and oxygen atoms in total. The Bertz CT molecular complexity index is 1490. The lowest BCUT2D eigenvalue weighted by atomic mass is 9.85. The molecule has 1 aromatic heterocycles. The molecule has 2 fully saturated rings. The smallest absolute Gasteiger partial charge is 0.408 e. The van der Waals surface area contributed by atoms with Crippen LogP contribution in [0, 0.1) is 17.3 Å². The van der Waals surface area contributed by atoms with Crippen LogP contribution in [0.15, 0.2) is 18.2 Å². The fraction of sp³-hybridized carbons (Fsp3) is 0.667. The van der Waals surface area contributed by atoms with E-state index in [9.17, 15) is 27.6 Å². The SMILES string of the molecule is COc1ccc2nc3c(nc2c1)O[C@H]1CN(C(=O)[C@H](C(C)(C)C)NC(=O)O[C@]2(C)C[C@H]2CCCCC3)[C@H](C(C)=O)[C@@H]1CC(F)(F)F. The molecule has 252 valence electrons. The number of carbonyl (C=O) groups is 3. The summed E-state index contributed by atoms with van der Waals surface area (Å²) in [6, 6.07) is 2.55. The zero-order chi connectivity index (χ0) is 33.6. The summed E-state index contributed by atoms with van der Waals surface area (Å²) in [5.74, 6) is -1.94. The molecular weight excluding hydrogens is 605 g/mol. The Labute approximate surface area is 266 Å². The fourth-order valence-electron chi connectivity index (χ4n) is 6.84. The molecule has 13 heteroatoms. The molecule has 5 rings (SSSR count). The summed E-state index contributed by atoms with van der Waals surface area (Å²) in [4.78, 5) is 51.0. The maximum absolute atomic E-state index is 14.2. The average molecular weight is 649 g/mol. The predicted molar refractivity (Wildman–Crippen MR) is 162 cm³/mol. The van der Waals surface area contributed by atoms with E-state index in [-0.39, 0.29) is 18.3 Å². The number of hydrogen-bond donors (Lipinski definition) is 1. The van der Waals surface area contributed by atoms with Crippen molar-refractivity contribution in [3.05, 3.63) is 23.9 Å². The molecule has 2 amide bonds. The lowest BCUT2D eigenvalue weighted by molar-refractivity contribution is -0.155. The molecule has 1 aliphatic carbocycles. The number of aryl methyl sites for hydroxylation is 1. The van der Waals surface area contributed by atoms with Gasteiger partial charge in [-0.05, 0) is 57.1 Å². The highest BCUT2D eigenvalue weighted by Crippen LogP contribution is 2.50. The molecule has 3 aliphatic rings. The zero-order valence-electron chi connectivity index (χ0n) is 27.2. The van der Waals surface area contributed by atoms with Crippen molar-refractivity contribution >= 4 is 28.8 Å². The first-order chi connectivity index (χ1) is 21.5. The van der Waals surface area contributed by atoms with E-state index in [0.717, 1.165) is 30.6 Å². The number of nitrogens with one attached hydrogen (secondary N) is 1. The zero-order valence-corrected chi connectivity index (χ0v) is 27.2. The molecule has 2 aliphatic heterocycles. The van der Waals surface area contributed by atoms with E-state index in [1.165, 1.54) is 14.0 Å². The molecule has 0 spiro atoms. The molecule has 6 atom stereocenters. The minimum atomic E-state index is -4.65. The Hall–Kier alpha value is -3.64. The van der Waals surface area contributed by atoms with E-state index >= 15 is 0 Å². The largest absolute Gasteiger partial charge is 0.497 e. The Morgan fingerprint density at radius 1 is 1.13 bits per heavy atom. The van der Waals surface area contributed by atoms with Crippen molar-refractivity contribution in [1.29, 1.82) is 0 Å². The number of carbonyl (C=O) groups excluding carboxylic acids is 3. The summed E-state index contributed by atoms with van der Waals surface area (Å²) in [7, 11) is 1.51. The van der Waals surface area contributed by atoms with Gasteiger partial charge in [-0.25, -0.2) is 14.8 Å². The van der Waals surface area contributed by atoms with Gasteiger partial charge in [-0.3, -0.25) is 9.59 Å². The molecule has 0 radical (unpaired) electrons. The number of halogens is 3. The van der Waals surface area contributed by atoms with E-state index in [0.29, 0.717) is 35.3 Å². The number of alkyl halides is 3. The monoisotopic (exact) mass is 648 g/mol. The molecule has 1 N–H and O–H groups in total. The third-order valence-electron chi connectivity index (χ3n) is 9.45. The van der Waals surface area contributed by atoms with Crippen LogP contribution < -0.4 is 14.8 Å². The summed E-state index contributed by atoms with van der Waals surface area (Å²) in [5.41, 5.74) is -0.0166. The van der Waals surface area contributed by atoms with Crippen molar-refractivity contribution in [3.63, 3.8) is 0 Å². The van der Waals surface area contributed by atoms with Crippen LogP contribution in [0.4, 0.5) is 18.0 Å². The second kappa shape index (κ2) is 12.5. The van der Waals surface area contributed by atoms with Crippen molar-refractivity contribution in [3.8, 4) is 11.6 Å². The highest BCUT2D eigenvalue weighted by Gasteiger charge is 2.55. The Morgan fingerprint density at radius 3 is 2.52 bits per heavy atom. The van der Waals surface area contributed by atoms with E-state index in [1.807, 2.05) is 6.92 Å². The molecule has 1 saturated carbocycles. The van der Waals surface area contributed by atoms with E-state index < -0.39 is 65.5 Å². The first kappa shape index (κ1) is 33.7. The van der Waals surface area contributed by atoms with Crippen LogP contribution in [0.25, 0.3) is 11.0 Å². The number of alkyl carbamates (subject to hydrolysis) is 1. The van der Waals surface area contributed by atoms with Crippen LogP contribution in [0.2, 0.25) is 0 Å². The van der Waals surface area contributed by atoms with E-state index in [2.05, 4.69) is 10.3 Å². The maximum atomic E-state index is 14.2. The van der Waals surface area contributed by atoms with Gasteiger partial charge in [0.15, 0.2) is 5.78 Å². The highest BCUT2D eigenvalue weighted by atomic mass is 19.4. The number of hydrogen-bond acceptors (Lipinski definition) is 8. The molecule has 46 heavy (non-hydrogen) atoms. The second-order valence-electron chi connectivity index (χ2n) is 14.2. The topological polar surface area (TPSA) is 120 Å². The predicted octanol–water partition coefficient (Wildman–Crippen LogP) is 5.79. The molecule has 0 unspecified atom stereocenters. The molecule has 1 saturated heterocycles. The summed E-state index contributed by atoms with van der Waals surface area (Å²) in [6.45, 7) is 7.91. The number of rotatable bonds is 3. The van der Waals surface area contributed by atoms with Gasteiger partial charge in [0.25, 0.3) is 0 Å². The standard InChI is InChI=1S/C33H43F3N4O6/c1-18(41)26-21(16-33(34,35)36)25-17-40(26)29(42)27(31(2,3)4)39-30(43)46-32(5)15-19(32)10-8-7-9-11-23-28(45-25)38-24-14-20(44-6)12-13-22(24)37-23/h12-14,19,21,25-27H,7-11,15-17H2,1-6H3,(H,39,43)/t19-,21-,25+,26-,27-,32-/m1/s1. The lowest BCUT2D eigenvalue weighted by Gasteiger charge is -2.35. The van der Waals surface area contributed by atoms with Crippen LogP contribution in [0.5, 0.6) is 11.6 Å². The van der Waals surface area contributed by atoms with Crippen LogP contribution in [-0.2, 0) is 20.7 Å². The normalized spacial score (nSPS) is 29.4. The van der Waals surface area contributed by atoms with Crippen molar-refractivity contribution in [1.82, 2.24) is 20.2 Å². The van der Waals surface area contributed by atoms with Crippen LogP contribution >= 0.6 is 0 Å². The average Bonchev–Trinajstić information content (AvgIpc) is 3.45. The van der Waals surface area contributed by atoms with Gasteiger partial charge in [0.05, 0.1) is 37.2 Å². The van der Waals surface area contributed by atoms with Gasteiger partial charge >= 0.3 is 12.3 Å². The maximum Gasteiger partial charge on any atom is 0.408 e. The number of nitrogens with zero attached hydrogens (tertiary/aromatic N) is 3. The van der Waals surface area contributed by atoms with E-state index in [4.69, 9.17) is 19.2 Å². The van der Waals surface area contributed by atoms with Crippen LogP contribution in [0.3, 0.4) is 0 Å². The molecule has 2 bridgehead atoms. The number of methoxy groups -OCH3 is 1. The minimum Gasteiger partial charge on any atom is -0.497 e. The van der Waals surface area contributed by atoms with Crippen molar-refractivity contribution in [2.24, 2.45) is 17.3 Å². The molecule has 1 aromatic carbocycles.